The molecule has 0 saturated heterocycles. The van der Waals surface area contributed by atoms with Crippen LogP contribution in [-0.4, -0.2) is 16.6 Å². The van der Waals surface area contributed by atoms with E-state index in [1.165, 1.54) is 22.2 Å². The highest BCUT2D eigenvalue weighted by Gasteiger charge is 2.11. The van der Waals surface area contributed by atoms with E-state index in [0.717, 1.165) is 17.9 Å². The van der Waals surface area contributed by atoms with Crippen LogP contribution >= 0.6 is 11.9 Å². The number of nitrogens with zero attached hydrogens (tertiary/aromatic N) is 2. The molecule has 4 heteroatoms. The quantitative estimate of drug-likeness (QED) is 0.845. The largest absolute Gasteiger partial charge is 0.348 e. The van der Waals surface area contributed by atoms with Gasteiger partial charge in [0.15, 0.2) is 0 Å². The Morgan fingerprint density at radius 2 is 2.24 bits per heavy atom. The average Bonchev–Trinajstić information content (AvgIpc) is 2.56. The first-order valence-corrected chi connectivity index (χ1v) is 6.78. The molecule has 17 heavy (non-hydrogen) atoms. The Labute approximate surface area is 107 Å². The fourth-order valence-electron chi connectivity index (χ4n) is 2.18. The van der Waals surface area contributed by atoms with Crippen molar-refractivity contribution in [2.75, 3.05) is 7.05 Å². The molecule has 0 radical (unpaired) electrons. The van der Waals surface area contributed by atoms with Gasteiger partial charge in [0.05, 0.1) is 5.52 Å². The molecule has 0 bridgehead atoms. The number of aromatic nitrogens is 2. The number of hydrogen-bond acceptors (Lipinski definition) is 3. The van der Waals surface area contributed by atoms with Gasteiger partial charge in [0.2, 0.25) is 0 Å². The summed E-state index contributed by atoms with van der Waals surface area (Å²) in [5.41, 5.74) is 3.73. The highest BCUT2D eigenvalue weighted by molar-refractivity contribution is 7.97. The van der Waals surface area contributed by atoms with Crippen LogP contribution in [0.1, 0.15) is 24.6 Å². The molecule has 0 fully saturated rings. The maximum atomic E-state index is 4.73. The van der Waals surface area contributed by atoms with Gasteiger partial charge in [-0.1, -0.05) is 13.3 Å². The molecule has 0 saturated carbocycles. The van der Waals surface area contributed by atoms with Gasteiger partial charge in [-0.15, -0.1) is 0 Å². The summed E-state index contributed by atoms with van der Waals surface area (Å²) in [6.45, 7) is 4.35. The zero-order valence-electron chi connectivity index (χ0n) is 10.9. The minimum atomic E-state index is 1.04. The molecule has 2 rings (SSSR count). The number of nitrogens with one attached hydrogen (secondary N) is 1. The molecule has 0 spiro atoms. The van der Waals surface area contributed by atoms with E-state index < -0.39 is 0 Å². The normalized spacial score (nSPS) is 11.3. The monoisotopic (exact) mass is 249 g/mol. The Hall–Kier alpha value is -1.00. The number of rotatable bonds is 4. The molecule has 0 aliphatic rings. The van der Waals surface area contributed by atoms with Gasteiger partial charge < -0.3 is 4.57 Å². The van der Waals surface area contributed by atoms with Gasteiger partial charge in [0, 0.05) is 24.3 Å². The zero-order chi connectivity index (χ0) is 12.4. The van der Waals surface area contributed by atoms with Crippen molar-refractivity contribution in [3.63, 3.8) is 0 Å². The molecule has 0 amide bonds. The van der Waals surface area contributed by atoms with E-state index in [1.807, 2.05) is 7.05 Å². The second-order valence-corrected chi connectivity index (χ2v) is 5.29. The van der Waals surface area contributed by atoms with Crippen LogP contribution in [0.2, 0.25) is 0 Å². The zero-order valence-corrected chi connectivity index (χ0v) is 11.7. The minimum absolute atomic E-state index is 1.04. The Balaban J connectivity index is 2.65. The predicted octanol–water partition coefficient (Wildman–Crippen LogP) is 3.06. The van der Waals surface area contributed by atoms with Crippen LogP contribution in [0.4, 0.5) is 0 Å². The summed E-state index contributed by atoms with van der Waals surface area (Å²) < 4.78 is 5.28. The Morgan fingerprint density at radius 3 is 2.88 bits per heavy atom. The van der Waals surface area contributed by atoms with E-state index in [0.29, 0.717) is 0 Å². The lowest BCUT2D eigenvalue weighted by Crippen LogP contribution is -1.99. The molecule has 2 heterocycles. The molecule has 0 aliphatic carbocycles. The van der Waals surface area contributed by atoms with Crippen LogP contribution in [0.25, 0.3) is 10.9 Å². The summed E-state index contributed by atoms with van der Waals surface area (Å²) in [5, 5.41) is 2.40. The highest BCUT2D eigenvalue weighted by Crippen LogP contribution is 2.28. The number of hydrogen-bond donors (Lipinski definition) is 1. The second kappa shape index (κ2) is 5.10. The van der Waals surface area contributed by atoms with E-state index in [1.54, 1.807) is 11.9 Å². The van der Waals surface area contributed by atoms with Gasteiger partial charge in [-0.2, -0.15) is 0 Å². The van der Waals surface area contributed by atoms with Crippen LogP contribution in [0.15, 0.2) is 17.3 Å². The fourth-order valence-corrected chi connectivity index (χ4v) is 2.89. The molecule has 0 atom stereocenters. The third kappa shape index (κ3) is 2.33. The van der Waals surface area contributed by atoms with Gasteiger partial charge in [-0.25, -0.2) is 4.98 Å². The fraction of sp³-hybridized carbons (Fsp3) is 0.462. The average molecular weight is 249 g/mol. The first kappa shape index (κ1) is 12.5. The molecular formula is C13H19N3S. The molecule has 0 aromatic carbocycles. The molecule has 0 unspecified atom stereocenters. The van der Waals surface area contributed by atoms with Crippen molar-refractivity contribution in [3.05, 3.63) is 23.5 Å². The van der Waals surface area contributed by atoms with Crippen molar-refractivity contribution in [3.8, 4) is 0 Å². The first-order chi connectivity index (χ1) is 8.17. The van der Waals surface area contributed by atoms with Crippen molar-refractivity contribution in [2.24, 2.45) is 7.05 Å². The third-order valence-corrected chi connectivity index (χ3v) is 3.57. The summed E-state index contributed by atoms with van der Waals surface area (Å²) in [7, 11) is 4.01. The van der Waals surface area contributed by atoms with Crippen molar-refractivity contribution >= 4 is 22.9 Å². The van der Waals surface area contributed by atoms with Crippen molar-refractivity contribution in [1.29, 1.82) is 0 Å². The SMILES string of the molecule is CCCc1cc2c(C)cn(C)c2c(SNC)n1. The summed E-state index contributed by atoms with van der Waals surface area (Å²) in [4.78, 5) is 4.73. The number of fused-ring (bicyclic) bond motifs is 1. The van der Waals surface area contributed by atoms with Gasteiger partial charge >= 0.3 is 0 Å². The summed E-state index contributed by atoms with van der Waals surface area (Å²) in [6, 6.07) is 2.23. The van der Waals surface area contributed by atoms with Gasteiger partial charge in [-0.3, -0.25) is 4.72 Å². The Kier molecular flexibility index (Phi) is 3.74. The standard InChI is InChI=1S/C13H19N3S/c1-5-6-10-7-11-9(2)8-16(4)12(11)13(15-10)17-14-3/h7-8,14H,5-6H2,1-4H3. The van der Waals surface area contributed by atoms with Crippen LogP contribution in [-0.2, 0) is 13.5 Å². The summed E-state index contributed by atoms with van der Waals surface area (Å²) >= 11 is 1.59. The molecule has 3 nitrogen and oxygen atoms in total. The maximum Gasteiger partial charge on any atom is 0.135 e. The molecule has 2 aromatic rings. The first-order valence-electron chi connectivity index (χ1n) is 5.96. The Bertz CT molecular complexity index is 531. The van der Waals surface area contributed by atoms with Crippen molar-refractivity contribution in [2.45, 2.75) is 31.7 Å². The number of pyridine rings is 1. The maximum absolute atomic E-state index is 4.73. The lowest BCUT2D eigenvalue weighted by molar-refractivity contribution is 0.858. The topological polar surface area (TPSA) is 29.9 Å². The lowest BCUT2D eigenvalue weighted by Gasteiger charge is -2.07. The Morgan fingerprint density at radius 1 is 1.47 bits per heavy atom. The van der Waals surface area contributed by atoms with Crippen molar-refractivity contribution in [1.82, 2.24) is 14.3 Å². The molecule has 92 valence electrons. The van der Waals surface area contributed by atoms with E-state index in [-0.39, 0.29) is 0 Å². The summed E-state index contributed by atoms with van der Waals surface area (Å²) in [6.07, 6.45) is 4.34. The van der Waals surface area contributed by atoms with Crippen molar-refractivity contribution < 1.29 is 0 Å². The minimum Gasteiger partial charge on any atom is -0.348 e. The predicted molar refractivity (Wildman–Crippen MR) is 74.4 cm³/mol. The molecule has 1 N–H and O–H groups in total. The van der Waals surface area contributed by atoms with Crippen LogP contribution in [0.5, 0.6) is 0 Å². The van der Waals surface area contributed by atoms with Crippen LogP contribution in [0.3, 0.4) is 0 Å². The van der Waals surface area contributed by atoms with Gasteiger partial charge in [-0.05, 0) is 44.0 Å². The van der Waals surface area contributed by atoms with Gasteiger partial charge in [0.1, 0.15) is 5.03 Å². The van der Waals surface area contributed by atoms with E-state index in [9.17, 15) is 0 Å². The second-order valence-electron chi connectivity index (χ2n) is 4.29. The summed E-state index contributed by atoms with van der Waals surface area (Å²) in [5.74, 6) is 0. The molecular weight excluding hydrogens is 230 g/mol. The van der Waals surface area contributed by atoms with Crippen LogP contribution in [0, 0.1) is 6.92 Å². The highest BCUT2D eigenvalue weighted by atomic mass is 32.2. The van der Waals surface area contributed by atoms with E-state index in [2.05, 4.69) is 42.4 Å². The lowest BCUT2D eigenvalue weighted by atomic mass is 10.1. The smallest absolute Gasteiger partial charge is 0.135 e. The number of aryl methyl sites for hydroxylation is 3. The van der Waals surface area contributed by atoms with Crippen LogP contribution < -0.4 is 4.72 Å². The van der Waals surface area contributed by atoms with E-state index >= 15 is 0 Å². The van der Waals surface area contributed by atoms with E-state index in [4.69, 9.17) is 4.98 Å². The van der Waals surface area contributed by atoms with Gasteiger partial charge in [0.25, 0.3) is 0 Å². The molecule has 2 aromatic heterocycles. The third-order valence-electron chi connectivity index (χ3n) is 2.88. The molecule has 0 aliphatic heterocycles.